The van der Waals surface area contributed by atoms with Gasteiger partial charge in [-0.05, 0) is 31.9 Å². The van der Waals surface area contributed by atoms with Crippen LogP contribution in [0.3, 0.4) is 0 Å². The quantitative estimate of drug-likeness (QED) is 0.208. The van der Waals surface area contributed by atoms with Gasteiger partial charge in [-0.25, -0.2) is 4.68 Å². The molecule has 0 spiro atoms. The number of nitrogen functional groups attached to an aromatic ring is 1. The maximum absolute atomic E-state index is 12.3. The molecule has 0 aliphatic heterocycles. The van der Waals surface area contributed by atoms with Crippen LogP contribution in [0.15, 0.2) is 35.3 Å². The van der Waals surface area contributed by atoms with E-state index in [9.17, 15) is 18.4 Å². The van der Waals surface area contributed by atoms with Gasteiger partial charge in [-0.15, -0.1) is 24.0 Å². The van der Waals surface area contributed by atoms with Crippen molar-refractivity contribution in [2.24, 2.45) is 4.99 Å². The van der Waals surface area contributed by atoms with Crippen molar-refractivity contribution in [2.45, 2.75) is 32.4 Å². The van der Waals surface area contributed by atoms with Crippen molar-refractivity contribution in [3.8, 4) is 11.8 Å². The summed E-state index contributed by atoms with van der Waals surface area (Å²) >= 11 is 0. The minimum atomic E-state index is -4.21. The highest BCUT2D eigenvalue weighted by molar-refractivity contribution is 14.0. The highest BCUT2D eigenvalue weighted by Crippen LogP contribution is 2.21. The molecule has 0 aliphatic rings. The summed E-state index contributed by atoms with van der Waals surface area (Å²) in [5.74, 6) is 0.603. The van der Waals surface area contributed by atoms with Crippen LogP contribution in [0.25, 0.3) is 5.69 Å². The average molecular weight is 535 g/mol. The minimum Gasteiger partial charge on any atom is -0.382 e. The van der Waals surface area contributed by atoms with Crippen LogP contribution in [-0.4, -0.2) is 41.6 Å². The molecule has 164 valence electrons. The molecule has 0 bridgehead atoms. The molecule has 30 heavy (non-hydrogen) atoms. The number of para-hydroxylation sites is 1. The predicted octanol–water partition coefficient (Wildman–Crippen LogP) is 3.38. The molecule has 0 saturated heterocycles. The number of benzene rings is 1. The second kappa shape index (κ2) is 12.3. The molecule has 1 heterocycles. The third-order valence-electron chi connectivity index (χ3n) is 3.99. The number of hydrogen-bond acceptors (Lipinski definition) is 4. The fraction of sp³-hybridized carbons (Fsp3) is 0.421. The highest BCUT2D eigenvalue weighted by Gasteiger charge is 2.26. The van der Waals surface area contributed by atoms with Crippen LogP contribution in [0.5, 0.6) is 0 Å². The summed E-state index contributed by atoms with van der Waals surface area (Å²) in [4.78, 5) is 4.27. The van der Waals surface area contributed by atoms with Gasteiger partial charge in [0.15, 0.2) is 5.96 Å². The highest BCUT2D eigenvalue weighted by atomic mass is 127. The fourth-order valence-electron chi connectivity index (χ4n) is 2.64. The monoisotopic (exact) mass is 535 g/mol. The normalized spacial score (nSPS) is 11.5. The Hall–Kier alpha value is -2.49. The van der Waals surface area contributed by atoms with E-state index in [1.165, 1.54) is 4.68 Å². The Balaban J connectivity index is 0.00000450. The summed E-state index contributed by atoms with van der Waals surface area (Å²) in [6.07, 6.45) is -4.11. The number of anilines is 1. The maximum Gasteiger partial charge on any atom is 0.390 e. The van der Waals surface area contributed by atoms with Gasteiger partial charge in [0.2, 0.25) is 0 Å². The van der Waals surface area contributed by atoms with E-state index in [1.54, 1.807) is 0 Å². The van der Waals surface area contributed by atoms with E-state index in [1.807, 2.05) is 37.3 Å². The molecule has 0 amide bonds. The number of alkyl halides is 3. The lowest BCUT2D eigenvalue weighted by Gasteiger charge is -2.12. The number of aromatic nitrogens is 2. The summed E-state index contributed by atoms with van der Waals surface area (Å²) in [6.45, 7) is 2.49. The van der Waals surface area contributed by atoms with Crippen molar-refractivity contribution in [1.82, 2.24) is 20.4 Å². The maximum atomic E-state index is 12.3. The van der Waals surface area contributed by atoms with Gasteiger partial charge in [0.1, 0.15) is 17.5 Å². The average Bonchev–Trinajstić information content (AvgIpc) is 3.00. The van der Waals surface area contributed by atoms with Crippen LogP contribution in [0, 0.1) is 11.3 Å². The van der Waals surface area contributed by atoms with Crippen LogP contribution >= 0.6 is 24.0 Å². The van der Waals surface area contributed by atoms with Crippen molar-refractivity contribution >= 4 is 35.8 Å². The number of nitrogens with zero attached hydrogens (tertiary/aromatic N) is 4. The Morgan fingerprint density at radius 2 is 1.97 bits per heavy atom. The topological polar surface area (TPSA) is 104 Å². The SMILES string of the molecule is CCNC(=NCCCc1nn(-c2ccccc2)c(N)c1C#N)NCCC(F)(F)F.I. The molecule has 1 aromatic carbocycles. The van der Waals surface area contributed by atoms with Gasteiger partial charge in [-0.1, -0.05) is 18.2 Å². The Morgan fingerprint density at radius 3 is 2.57 bits per heavy atom. The smallest absolute Gasteiger partial charge is 0.382 e. The molecule has 2 rings (SSSR count). The van der Waals surface area contributed by atoms with Gasteiger partial charge >= 0.3 is 6.18 Å². The first-order chi connectivity index (χ1) is 13.9. The Labute approximate surface area is 190 Å². The Bertz CT molecular complexity index is 857. The van der Waals surface area contributed by atoms with Gasteiger partial charge in [0, 0.05) is 19.6 Å². The Kier molecular flexibility index (Phi) is 10.4. The molecule has 0 atom stereocenters. The first kappa shape index (κ1) is 25.5. The van der Waals surface area contributed by atoms with Crippen molar-refractivity contribution < 1.29 is 13.2 Å². The first-order valence-corrected chi connectivity index (χ1v) is 9.27. The van der Waals surface area contributed by atoms with E-state index >= 15 is 0 Å². The van der Waals surface area contributed by atoms with Crippen molar-refractivity contribution in [2.75, 3.05) is 25.4 Å². The molecular weight excluding hydrogens is 510 g/mol. The molecule has 0 radical (unpaired) electrons. The fourth-order valence-corrected chi connectivity index (χ4v) is 2.64. The van der Waals surface area contributed by atoms with E-state index < -0.39 is 12.6 Å². The van der Waals surface area contributed by atoms with E-state index in [4.69, 9.17) is 5.73 Å². The van der Waals surface area contributed by atoms with E-state index in [0.29, 0.717) is 43.1 Å². The van der Waals surface area contributed by atoms with Crippen LogP contribution in [-0.2, 0) is 6.42 Å². The van der Waals surface area contributed by atoms with Crippen LogP contribution in [0.2, 0.25) is 0 Å². The van der Waals surface area contributed by atoms with Crippen molar-refractivity contribution in [3.63, 3.8) is 0 Å². The molecule has 7 nitrogen and oxygen atoms in total. The molecule has 11 heteroatoms. The number of rotatable bonds is 8. The van der Waals surface area contributed by atoms with Crippen LogP contribution < -0.4 is 16.4 Å². The molecule has 0 aliphatic carbocycles. The number of halogens is 4. The standard InChI is InChI=1S/C19H24F3N7.HI/c1-2-25-18(27-12-10-19(20,21)22)26-11-6-9-16-15(13-23)17(24)29(28-16)14-7-4-3-5-8-14;/h3-5,7-8H,2,6,9-12,24H2,1H3,(H2,25,26,27);1H. The van der Waals surface area contributed by atoms with Gasteiger partial charge in [0.25, 0.3) is 0 Å². The number of nitrogens with two attached hydrogens (primary N) is 1. The zero-order valence-electron chi connectivity index (χ0n) is 16.5. The third kappa shape index (κ3) is 7.74. The lowest BCUT2D eigenvalue weighted by atomic mass is 10.1. The molecule has 2 aromatic rings. The second-order valence-electron chi connectivity index (χ2n) is 6.22. The summed E-state index contributed by atoms with van der Waals surface area (Å²) in [5.41, 5.74) is 7.72. The number of aryl methyl sites for hydroxylation is 1. The largest absolute Gasteiger partial charge is 0.390 e. The molecule has 1 aromatic heterocycles. The number of nitriles is 1. The third-order valence-corrected chi connectivity index (χ3v) is 3.99. The lowest BCUT2D eigenvalue weighted by molar-refractivity contribution is -0.132. The molecule has 0 unspecified atom stereocenters. The van der Waals surface area contributed by atoms with Gasteiger partial charge in [0.05, 0.1) is 17.8 Å². The summed E-state index contributed by atoms with van der Waals surface area (Å²) in [7, 11) is 0. The number of guanidine groups is 1. The number of nitrogens with one attached hydrogen (secondary N) is 2. The van der Waals surface area contributed by atoms with Gasteiger partial charge in [-0.2, -0.15) is 23.5 Å². The first-order valence-electron chi connectivity index (χ1n) is 9.27. The van der Waals surface area contributed by atoms with Crippen molar-refractivity contribution in [1.29, 1.82) is 5.26 Å². The summed E-state index contributed by atoms with van der Waals surface area (Å²) in [5, 5.41) is 19.4. The lowest BCUT2D eigenvalue weighted by Crippen LogP contribution is -2.39. The molecule has 4 N–H and O–H groups in total. The minimum absolute atomic E-state index is 0. The zero-order valence-corrected chi connectivity index (χ0v) is 18.9. The van der Waals surface area contributed by atoms with Gasteiger partial charge < -0.3 is 16.4 Å². The van der Waals surface area contributed by atoms with Crippen LogP contribution in [0.1, 0.15) is 31.0 Å². The van der Waals surface area contributed by atoms with E-state index in [0.717, 1.165) is 5.69 Å². The molecular formula is C19H25F3IN7. The summed E-state index contributed by atoms with van der Waals surface area (Å²) in [6, 6.07) is 11.4. The molecule has 0 fully saturated rings. The van der Waals surface area contributed by atoms with E-state index in [-0.39, 0.29) is 36.3 Å². The summed E-state index contributed by atoms with van der Waals surface area (Å²) < 4.78 is 38.3. The predicted molar refractivity (Wildman–Crippen MR) is 121 cm³/mol. The van der Waals surface area contributed by atoms with Crippen molar-refractivity contribution in [3.05, 3.63) is 41.6 Å². The second-order valence-corrected chi connectivity index (χ2v) is 6.22. The van der Waals surface area contributed by atoms with Crippen LogP contribution in [0.4, 0.5) is 19.0 Å². The number of hydrogen-bond donors (Lipinski definition) is 3. The Morgan fingerprint density at radius 1 is 1.27 bits per heavy atom. The van der Waals surface area contributed by atoms with E-state index in [2.05, 4.69) is 26.8 Å². The van der Waals surface area contributed by atoms with Gasteiger partial charge in [-0.3, -0.25) is 4.99 Å². The number of aliphatic imine (C=N–C) groups is 1. The zero-order chi connectivity index (χ0) is 21.3. The molecule has 0 saturated carbocycles.